The van der Waals surface area contributed by atoms with E-state index in [4.69, 9.17) is 14.2 Å². The molecule has 366 valence electrons. The van der Waals surface area contributed by atoms with Crippen molar-refractivity contribution < 1.29 is 28.6 Å². The highest BCUT2D eigenvalue weighted by atomic mass is 16.6. The molecule has 0 rings (SSSR count). The second kappa shape index (κ2) is 52.4. The Morgan fingerprint density at radius 1 is 0.338 bits per heavy atom. The molecule has 0 bridgehead atoms. The minimum absolute atomic E-state index is 0.125. The van der Waals surface area contributed by atoms with Crippen molar-refractivity contribution in [2.75, 3.05) is 13.2 Å². The van der Waals surface area contributed by atoms with Gasteiger partial charge in [-0.1, -0.05) is 226 Å². The van der Waals surface area contributed by atoms with Crippen LogP contribution >= 0.6 is 0 Å². The number of esters is 3. The summed E-state index contributed by atoms with van der Waals surface area (Å²) in [6.07, 6.45) is 71.9. The number of rotatable bonds is 45. The van der Waals surface area contributed by atoms with Crippen LogP contribution < -0.4 is 0 Å². The van der Waals surface area contributed by atoms with E-state index in [2.05, 4.69) is 75.5 Å². The lowest BCUT2D eigenvalue weighted by Crippen LogP contribution is -2.30. The monoisotopic (exact) mass is 899 g/mol. The Kier molecular flexibility index (Phi) is 49.1. The molecule has 0 heterocycles. The normalized spacial score (nSPS) is 13.1. The van der Waals surface area contributed by atoms with Crippen LogP contribution in [0.4, 0.5) is 0 Å². The Labute approximate surface area is 399 Å². The fourth-order valence-corrected chi connectivity index (χ4v) is 6.67. The molecule has 6 nitrogen and oxygen atoms in total. The Hall–Kier alpha value is -4.19. The molecule has 0 aromatic carbocycles. The van der Waals surface area contributed by atoms with Crippen LogP contribution in [0.1, 0.15) is 213 Å². The number of allylic oxidation sites excluding steroid dienone is 20. The fourth-order valence-electron chi connectivity index (χ4n) is 6.67. The summed E-state index contributed by atoms with van der Waals surface area (Å²) in [6, 6.07) is 0. The third-order valence-electron chi connectivity index (χ3n) is 10.6. The van der Waals surface area contributed by atoms with Gasteiger partial charge in [-0.05, 0) is 89.9 Å². The van der Waals surface area contributed by atoms with E-state index < -0.39 is 6.10 Å². The summed E-state index contributed by atoms with van der Waals surface area (Å²) in [5.41, 5.74) is 0. The first kappa shape index (κ1) is 60.8. The molecule has 0 aromatic rings. The van der Waals surface area contributed by atoms with E-state index in [0.717, 1.165) is 77.0 Å². The van der Waals surface area contributed by atoms with Crippen LogP contribution in [0.15, 0.2) is 122 Å². The molecule has 0 radical (unpaired) electrons. The van der Waals surface area contributed by atoms with Gasteiger partial charge in [0.1, 0.15) is 13.2 Å². The molecule has 65 heavy (non-hydrogen) atoms. The van der Waals surface area contributed by atoms with Crippen molar-refractivity contribution in [1.82, 2.24) is 0 Å². The summed E-state index contributed by atoms with van der Waals surface area (Å²) in [4.78, 5) is 38.0. The topological polar surface area (TPSA) is 78.9 Å². The lowest BCUT2D eigenvalue weighted by atomic mass is 10.1. The van der Waals surface area contributed by atoms with Crippen molar-refractivity contribution in [2.24, 2.45) is 0 Å². The first-order chi connectivity index (χ1) is 32.0. The molecule has 0 fully saturated rings. The van der Waals surface area contributed by atoms with Crippen molar-refractivity contribution in [3.05, 3.63) is 122 Å². The number of carbonyl (C=O) groups is 3. The summed E-state index contributed by atoms with van der Waals surface area (Å²) >= 11 is 0. The van der Waals surface area contributed by atoms with E-state index in [0.29, 0.717) is 19.3 Å². The van der Waals surface area contributed by atoms with Crippen molar-refractivity contribution in [3.63, 3.8) is 0 Å². The summed E-state index contributed by atoms with van der Waals surface area (Å²) in [5.74, 6) is -1.05. The molecule has 0 N–H and O–H groups in total. The maximum Gasteiger partial charge on any atom is 0.306 e. The van der Waals surface area contributed by atoms with Crippen LogP contribution in [0.5, 0.6) is 0 Å². The molecule has 0 aliphatic carbocycles. The third kappa shape index (κ3) is 50.7. The van der Waals surface area contributed by atoms with Gasteiger partial charge < -0.3 is 14.2 Å². The molecule has 0 aromatic heterocycles. The van der Waals surface area contributed by atoms with Crippen LogP contribution in [-0.4, -0.2) is 37.2 Å². The molecule has 1 unspecified atom stereocenters. The predicted octanol–water partition coefficient (Wildman–Crippen LogP) is 17.3. The minimum atomic E-state index is -0.826. The smallest absolute Gasteiger partial charge is 0.306 e. The zero-order chi connectivity index (χ0) is 47.2. The van der Waals surface area contributed by atoms with E-state index in [1.54, 1.807) is 0 Å². The predicted molar refractivity (Wildman–Crippen MR) is 279 cm³/mol. The van der Waals surface area contributed by atoms with Gasteiger partial charge in [0, 0.05) is 19.3 Å². The van der Waals surface area contributed by atoms with Crippen molar-refractivity contribution in [3.8, 4) is 0 Å². The fraction of sp³-hybridized carbons (Fsp3) is 0.610. The van der Waals surface area contributed by atoms with E-state index in [9.17, 15) is 14.4 Å². The Morgan fingerprint density at radius 3 is 1.20 bits per heavy atom. The number of carbonyl (C=O) groups excluding carboxylic acids is 3. The van der Waals surface area contributed by atoms with Crippen LogP contribution in [0.25, 0.3) is 0 Å². The zero-order valence-electron chi connectivity index (χ0n) is 41.7. The third-order valence-corrected chi connectivity index (χ3v) is 10.6. The van der Waals surface area contributed by atoms with Crippen LogP contribution in [0.2, 0.25) is 0 Å². The van der Waals surface area contributed by atoms with Gasteiger partial charge in [0.15, 0.2) is 6.10 Å². The van der Waals surface area contributed by atoms with Gasteiger partial charge in [-0.3, -0.25) is 14.4 Å². The van der Waals surface area contributed by atoms with Crippen LogP contribution in [0.3, 0.4) is 0 Å². The molecule has 6 heteroatoms. The molecule has 0 saturated carbocycles. The van der Waals surface area contributed by atoms with Crippen LogP contribution in [-0.2, 0) is 28.6 Å². The maximum absolute atomic E-state index is 12.8. The highest BCUT2D eigenvalue weighted by Crippen LogP contribution is 2.13. The second-order valence-electron chi connectivity index (χ2n) is 16.8. The van der Waals surface area contributed by atoms with E-state index in [1.165, 1.54) is 89.9 Å². The van der Waals surface area contributed by atoms with Gasteiger partial charge in [0.05, 0.1) is 0 Å². The van der Waals surface area contributed by atoms with Crippen molar-refractivity contribution >= 4 is 17.9 Å². The number of hydrogen-bond acceptors (Lipinski definition) is 6. The molecule has 1 atom stereocenters. The van der Waals surface area contributed by atoms with E-state index >= 15 is 0 Å². The standard InChI is InChI=1S/C59H94O6/c1-4-7-10-13-16-19-22-25-27-29-31-34-37-40-43-46-49-52-58(61)64-55-56(54-63-57(60)51-48-45-42-39-36-33-24-21-18-15-12-9-6-3)65-59(62)53-50-47-44-41-38-35-32-30-28-26-23-20-17-14-11-8-5-2/h7,10,13,16-17,19-20,22,25-29,31,33-34,36-37,42,45,56H,4-6,8-9,11-12,14-15,18,21,23-24,30,32,35,38-41,43-44,46-55H2,1-3H3/b10-7+,16-13+,20-17+,22-19+,27-25+,28-26+,31-29+,36-33+,37-34+,45-42+. The SMILES string of the molecule is CC/C=C/C=C/C=C/C=C/C=C/C=C/CCCCCC(=O)OCC(COC(=O)CC/C=C/C/C=C/CCCCCCCC)OC(=O)CCCCCCCCC/C=C/C/C=C/CCCCC. The molecular formula is C59H94O6. The first-order valence-corrected chi connectivity index (χ1v) is 26.1. The molecule has 0 spiro atoms. The number of hydrogen-bond donors (Lipinski definition) is 0. The average molecular weight is 899 g/mol. The first-order valence-electron chi connectivity index (χ1n) is 26.1. The molecule has 0 amide bonds. The summed E-state index contributed by atoms with van der Waals surface area (Å²) in [5, 5.41) is 0. The minimum Gasteiger partial charge on any atom is -0.462 e. The number of unbranched alkanes of at least 4 members (excludes halogenated alkanes) is 19. The quantitative estimate of drug-likeness (QED) is 0.0199. The van der Waals surface area contributed by atoms with Gasteiger partial charge in [-0.25, -0.2) is 0 Å². The van der Waals surface area contributed by atoms with Gasteiger partial charge in [0.25, 0.3) is 0 Å². The van der Waals surface area contributed by atoms with Crippen molar-refractivity contribution in [2.45, 2.75) is 219 Å². The molecular weight excluding hydrogens is 805 g/mol. The lowest BCUT2D eigenvalue weighted by molar-refractivity contribution is -0.166. The van der Waals surface area contributed by atoms with Crippen LogP contribution in [0, 0.1) is 0 Å². The summed E-state index contributed by atoms with van der Waals surface area (Å²) in [7, 11) is 0. The average Bonchev–Trinajstić information content (AvgIpc) is 3.30. The van der Waals surface area contributed by atoms with Gasteiger partial charge in [-0.15, -0.1) is 0 Å². The Balaban J connectivity index is 4.57. The van der Waals surface area contributed by atoms with Gasteiger partial charge in [-0.2, -0.15) is 0 Å². The second-order valence-corrected chi connectivity index (χ2v) is 16.8. The maximum atomic E-state index is 12.8. The molecule has 0 aliphatic heterocycles. The molecule has 0 aliphatic rings. The summed E-state index contributed by atoms with van der Waals surface area (Å²) in [6.45, 7) is 6.35. The number of ether oxygens (including phenoxy) is 3. The Morgan fingerprint density at radius 2 is 0.692 bits per heavy atom. The van der Waals surface area contributed by atoms with E-state index in [1.807, 2.05) is 66.8 Å². The zero-order valence-corrected chi connectivity index (χ0v) is 41.7. The highest BCUT2D eigenvalue weighted by Gasteiger charge is 2.19. The van der Waals surface area contributed by atoms with E-state index in [-0.39, 0.29) is 37.5 Å². The lowest BCUT2D eigenvalue weighted by Gasteiger charge is -2.18. The molecule has 0 saturated heterocycles. The van der Waals surface area contributed by atoms with Crippen molar-refractivity contribution in [1.29, 1.82) is 0 Å². The Bertz CT molecular complexity index is 1400. The highest BCUT2D eigenvalue weighted by molar-refractivity contribution is 5.71. The van der Waals surface area contributed by atoms with Gasteiger partial charge in [0.2, 0.25) is 0 Å². The summed E-state index contributed by atoms with van der Waals surface area (Å²) < 4.78 is 16.7. The largest absolute Gasteiger partial charge is 0.462 e. The van der Waals surface area contributed by atoms with Gasteiger partial charge >= 0.3 is 17.9 Å².